The molecule has 3 atom stereocenters. The SMILES string of the molecule is CC(CC(=O)N1C[C@@H](N)[C@H](c2ccccc2)C1)NC(=O)C1CCCCC1. The number of rotatable bonds is 5. The average Bonchev–Trinajstić information content (AvgIpc) is 3.05. The molecule has 5 heteroatoms. The van der Waals surface area contributed by atoms with Gasteiger partial charge < -0.3 is 16.0 Å². The van der Waals surface area contributed by atoms with Crippen molar-refractivity contribution in [2.24, 2.45) is 11.7 Å². The first-order chi connectivity index (χ1) is 12.5. The van der Waals surface area contributed by atoms with Crippen molar-refractivity contribution >= 4 is 11.8 Å². The van der Waals surface area contributed by atoms with Gasteiger partial charge in [0.05, 0.1) is 0 Å². The van der Waals surface area contributed by atoms with Gasteiger partial charge in [0.1, 0.15) is 0 Å². The van der Waals surface area contributed by atoms with Crippen molar-refractivity contribution in [3.8, 4) is 0 Å². The summed E-state index contributed by atoms with van der Waals surface area (Å²) in [6, 6.07) is 9.99. The van der Waals surface area contributed by atoms with Gasteiger partial charge in [-0.25, -0.2) is 0 Å². The second-order valence-electron chi connectivity index (χ2n) is 7.93. The molecule has 3 N–H and O–H groups in total. The number of nitrogens with two attached hydrogens (primary N) is 1. The van der Waals surface area contributed by atoms with Crippen molar-refractivity contribution in [2.75, 3.05) is 13.1 Å². The lowest BCUT2D eigenvalue weighted by Gasteiger charge is -2.24. The zero-order valence-corrected chi connectivity index (χ0v) is 15.7. The van der Waals surface area contributed by atoms with Crippen molar-refractivity contribution < 1.29 is 9.59 Å². The molecule has 1 aliphatic carbocycles. The largest absolute Gasteiger partial charge is 0.353 e. The van der Waals surface area contributed by atoms with E-state index < -0.39 is 0 Å². The lowest BCUT2D eigenvalue weighted by molar-refractivity contribution is -0.131. The number of benzene rings is 1. The Kier molecular flexibility index (Phi) is 6.30. The number of carbonyl (C=O) groups excluding carboxylic acids is 2. The van der Waals surface area contributed by atoms with Gasteiger partial charge in [0.15, 0.2) is 0 Å². The molecule has 1 unspecified atom stereocenters. The van der Waals surface area contributed by atoms with Crippen LogP contribution in [0.5, 0.6) is 0 Å². The van der Waals surface area contributed by atoms with E-state index in [2.05, 4.69) is 17.4 Å². The maximum absolute atomic E-state index is 12.7. The molecule has 0 bridgehead atoms. The number of hydrogen-bond acceptors (Lipinski definition) is 3. The van der Waals surface area contributed by atoms with Crippen LogP contribution in [0.25, 0.3) is 0 Å². The quantitative estimate of drug-likeness (QED) is 0.850. The highest BCUT2D eigenvalue weighted by Gasteiger charge is 2.34. The first kappa shape index (κ1) is 18.9. The Hall–Kier alpha value is -1.88. The molecule has 26 heavy (non-hydrogen) atoms. The van der Waals surface area contributed by atoms with Gasteiger partial charge in [-0.1, -0.05) is 49.6 Å². The van der Waals surface area contributed by atoms with E-state index in [0.717, 1.165) is 25.7 Å². The minimum Gasteiger partial charge on any atom is -0.353 e. The normalized spacial score (nSPS) is 25.1. The minimum atomic E-state index is -0.135. The second-order valence-corrected chi connectivity index (χ2v) is 7.93. The van der Waals surface area contributed by atoms with E-state index >= 15 is 0 Å². The molecule has 3 rings (SSSR count). The summed E-state index contributed by atoms with van der Waals surface area (Å²) in [6.07, 6.45) is 5.80. The van der Waals surface area contributed by atoms with Crippen LogP contribution in [-0.4, -0.2) is 41.9 Å². The van der Waals surface area contributed by atoms with Crippen molar-refractivity contribution in [3.05, 3.63) is 35.9 Å². The fourth-order valence-corrected chi connectivity index (χ4v) is 4.25. The van der Waals surface area contributed by atoms with Crippen molar-refractivity contribution in [1.29, 1.82) is 0 Å². The molecule has 1 saturated heterocycles. The number of likely N-dealkylation sites (tertiary alicyclic amines) is 1. The van der Waals surface area contributed by atoms with Crippen LogP contribution in [-0.2, 0) is 9.59 Å². The van der Waals surface area contributed by atoms with Gasteiger partial charge in [-0.05, 0) is 25.3 Å². The first-order valence-corrected chi connectivity index (χ1v) is 9.93. The Morgan fingerprint density at radius 1 is 1.15 bits per heavy atom. The summed E-state index contributed by atoms with van der Waals surface area (Å²) in [5.74, 6) is 0.511. The third-order valence-corrected chi connectivity index (χ3v) is 5.79. The molecule has 1 saturated carbocycles. The van der Waals surface area contributed by atoms with Crippen LogP contribution in [0, 0.1) is 5.92 Å². The van der Waals surface area contributed by atoms with E-state index in [0.29, 0.717) is 19.5 Å². The summed E-state index contributed by atoms with van der Waals surface area (Å²) in [6.45, 7) is 3.16. The van der Waals surface area contributed by atoms with Crippen LogP contribution in [0.2, 0.25) is 0 Å². The van der Waals surface area contributed by atoms with Crippen LogP contribution >= 0.6 is 0 Å². The van der Waals surface area contributed by atoms with Crippen molar-refractivity contribution in [3.63, 3.8) is 0 Å². The molecular weight excluding hydrogens is 326 g/mol. The number of nitrogens with zero attached hydrogens (tertiary/aromatic N) is 1. The summed E-state index contributed by atoms with van der Waals surface area (Å²) in [5, 5.41) is 3.04. The van der Waals surface area contributed by atoms with Crippen molar-refractivity contribution in [1.82, 2.24) is 10.2 Å². The van der Waals surface area contributed by atoms with Gasteiger partial charge >= 0.3 is 0 Å². The molecule has 2 aliphatic rings. The maximum atomic E-state index is 12.7. The molecule has 5 nitrogen and oxygen atoms in total. The molecule has 1 aliphatic heterocycles. The molecule has 142 valence electrons. The summed E-state index contributed by atoms with van der Waals surface area (Å²) in [7, 11) is 0. The third kappa shape index (κ3) is 4.64. The van der Waals surface area contributed by atoms with E-state index in [9.17, 15) is 9.59 Å². The Morgan fingerprint density at radius 3 is 2.54 bits per heavy atom. The molecule has 2 amide bonds. The smallest absolute Gasteiger partial charge is 0.224 e. The molecule has 0 spiro atoms. The second kappa shape index (κ2) is 8.67. The number of amides is 2. The third-order valence-electron chi connectivity index (χ3n) is 5.79. The molecular formula is C21H31N3O2. The van der Waals surface area contributed by atoms with Gasteiger partial charge in [-0.3, -0.25) is 9.59 Å². The number of carbonyl (C=O) groups is 2. The summed E-state index contributed by atoms with van der Waals surface area (Å²) in [5.41, 5.74) is 7.47. The van der Waals surface area contributed by atoms with E-state index in [4.69, 9.17) is 5.73 Å². The molecule has 2 fully saturated rings. The van der Waals surface area contributed by atoms with Crippen LogP contribution in [0.4, 0.5) is 0 Å². The highest BCUT2D eigenvalue weighted by molar-refractivity contribution is 5.81. The van der Waals surface area contributed by atoms with Gasteiger partial charge in [0.2, 0.25) is 11.8 Å². The van der Waals surface area contributed by atoms with Crippen LogP contribution in [0.15, 0.2) is 30.3 Å². The zero-order chi connectivity index (χ0) is 18.5. The van der Waals surface area contributed by atoms with Crippen LogP contribution in [0.3, 0.4) is 0 Å². The molecule has 0 radical (unpaired) electrons. The number of nitrogens with one attached hydrogen (secondary N) is 1. The summed E-state index contributed by atoms with van der Waals surface area (Å²) in [4.78, 5) is 26.9. The van der Waals surface area contributed by atoms with E-state index in [1.54, 1.807) is 0 Å². The van der Waals surface area contributed by atoms with E-state index in [1.807, 2.05) is 30.0 Å². The molecule has 0 aromatic heterocycles. The predicted molar refractivity (Wildman–Crippen MR) is 103 cm³/mol. The van der Waals surface area contributed by atoms with E-state index in [1.165, 1.54) is 12.0 Å². The summed E-state index contributed by atoms with van der Waals surface area (Å²) < 4.78 is 0. The average molecular weight is 357 g/mol. The molecule has 1 aromatic carbocycles. The molecule has 1 aromatic rings. The predicted octanol–water partition coefficient (Wildman–Crippen LogP) is 2.41. The lowest BCUT2D eigenvalue weighted by atomic mass is 9.88. The topological polar surface area (TPSA) is 75.4 Å². The monoisotopic (exact) mass is 357 g/mol. The Bertz CT molecular complexity index is 613. The van der Waals surface area contributed by atoms with Gasteiger partial charge in [0.25, 0.3) is 0 Å². The zero-order valence-electron chi connectivity index (χ0n) is 15.7. The lowest BCUT2D eigenvalue weighted by Crippen LogP contribution is -2.41. The molecule has 1 heterocycles. The summed E-state index contributed by atoms with van der Waals surface area (Å²) >= 11 is 0. The van der Waals surface area contributed by atoms with Crippen molar-refractivity contribution in [2.45, 2.75) is 63.5 Å². The fraction of sp³-hybridized carbons (Fsp3) is 0.619. The van der Waals surface area contributed by atoms with Gasteiger partial charge in [-0.2, -0.15) is 0 Å². The van der Waals surface area contributed by atoms with Gasteiger partial charge in [0, 0.05) is 43.4 Å². The van der Waals surface area contributed by atoms with Crippen LogP contribution < -0.4 is 11.1 Å². The maximum Gasteiger partial charge on any atom is 0.224 e. The standard InChI is InChI=1S/C21H31N3O2/c1-15(23-21(26)17-10-6-3-7-11-17)12-20(25)24-13-18(19(22)14-24)16-8-4-2-5-9-16/h2,4-5,8-9,15,17-19H,3,6-7,10-14,22H2,1H3,(H,23,26)/t15?,18-,19+/m0/s1. The van der Waals surface area contributed by atoms with Crippen LogP contribution in [0.1, 0.15) is 56.9 Å². The Morgan fingerprint density at radius 2 is 1.85 bits per heavy atom. The van der Waals surface area contributed by atoms with Gasteiger partial charge in [-0.15, -0.1) is 0 Å². The van der Waals surface area contributed by atoms with E-state index in [-0.39, 0.29) is 35.7 Å². The first-order valence-electron chi connectivity index (χ1n) is 9.93. The fourth-order valence-electron chi connectivity index (χ4n) is 4.25. The number of hydrogen-bond donors (Lipinski definition) is 2. The highest BCUT2D eigenvalue weighted by atomic mass is 16.2. The Balaban J connectivity index is 1.49. The highest BCUT2D eigenvalue weighted by Crippen LogP contribution is 2.27. The Labute approximate surface area is 156 Å². The minimum absolute atomic E-state index is 0.0338.